The first kappa shape index (κ1) is 20.5. The van der Waals surface area contributed by atoms with E-state index < -0.39 is 5.60 Å². The molecule has 0 atom stereocenters. The molecule has 2 aromatic rings. The molecule has 0 heterocycles. The topological polar surface area (TPSA) is 62.1 Å². The number of carbonyl (C=O) groups is 1. The molecule has 1 amide bonds. The van der Waals surface area contributed by atoms with Crippen molar-refractivity contribution >= 4 is 6.09 Å². The molecule has 0 aromatic heterocycles. The molecule has 0 aliphatic carbocycles. The lowest BCUT2D eigenvalue weighted by Crippen LogP contribution is -2.33. The van der Waals surface area contributed by atoms with Crippen molar-refractivity contribution in [1.29, 1.82) is 5.26 Å². The second-order valence-corrected chi connectivity index (χ2v) is 7.61. The molecule has 2 aromatic carbocycles. The first-order chi connectivity index (χ1) is 12.9. The minimum absolute atomic E-state index is 0.354. The number of nitriles is 1. The van der Waals surface area contributed by atoms with Crippen LogP contribution in [0.5, 0.6) is 0 Å². The van der Waals surface area contributed by atoms with Gasteiger partial charge in [-0.25, -0.2) is 4.79 Å². The fourth-order valence-electron chi connectivity index (χ4n) is 2.73. The maximum absolute atomic E-state index is 11.6. The number of hydrogen-bond acceptors (Lipinski definition) is 3. The number of aryl methyl sites for hydroxylation is 1. The van der Waals surface area contributed by atoms with Crippen LogP contribution in [-0.4, -0.2) is 18.2 Å². The molecule has 4 nitrogen and oxygen atoms in total. The zero-order chi connectivity index (χ0) is 19.7. The lowest BCUT2D eigenvalue weighted by molar-refractivity contribution is 0.0527. The largest absolute Gasteiger partial charge is 0.444 e. The molecule has 27 heavy (non-hydrogen) atoms. The average molecular weight is 364 g/mol. The number of nitrogens with one attached hydrogen (secondary N) is 1. The van der Waals surface area contributed by atoms with Crippen molar-refractivity contribution in [3.8, 4) is 17.2 Å². The van der Waals surface area contributed by atoms with Crippen molar-refractivity contribution in [3.63, 3.8) is 0 Å². The normalized spacial score (nSPS) is 10.9. The van der Waals surface area contributed by atoms with E-state index in [1.807, 2.05) is 32.9 Å². The number of unbranched alkanes of at least 4 members (excludes halogenated alkanes) is 1. The fraction of sp³-hybridized carbons (Fsp3) is 0.391. The van der Waals surface area contributed by atoms with Crippen LogP contribution in [0.4, 0.5) is 4.79 Å². The van der Waals surface area contributed by atoms with E-state index in [2.05, 4.69) is 47.8 Å². The monoisotopic (exact) mass is 364 g/mol. The number of rotatable bonds is 7. The average Bonchev–Trinajstić information content (AvgIpc) is 2.61. The van der Waals surface area contributed by atoms with E-state index in [4.69, 9.17) is 10.00 Å². The summed E-state index contributed by atoms with van der Waals surface area (Å²) in [4.78, 5) is 11.6. The molecule has 0 bridgehead atoms. The molecule has 142 valence electrons. The first-order valence-corrected chi connectivity index (χ1v) is 9.39. The van der Waals surface area contributed by atoms with Gasteiger partial charge in [-0.15, -0.1) is 0 Å². The number of benzene rings is 2. The molecule has 0 saturated carbocycles. The van der Waals surface area contributed by atoms with Gasteiger partial charge in [0.15, 0.2) is 0 Å². The summed E-state index contributed by atoms with van der Waals surface area (Å²) >= 11 is 0. The van der Waals surface area contributed by atoms with Crippen molar-refractivity contribution < 1.29 is 9.53 Å². The van der Waals surface area contributed by atoms with Crippen LogP contribution >= 0.6 is 0 Å². The number of hydrogen-bond donors (Lipinski definition) is 1. The number of alkyl carbamates (subject to hydrolysis) is 1. The van der Waals surface area contributed by atoms with Gasteiger partial charge in [0, 0.05) is 6.54 Å². The number of amides is 1. The smallest absolute Gasteiger partial charge is 0.407 e. The summed E-state index contributed by atoms with van der Waals surface area (Å²) in [6, 6.07) is 18.9. The molecule has 0 spiro atoms. The summed E-state index contributed by atoms with van der Waals surface area (Å²) in [5.74, 6) is 0. The van der Waals surface area contributed by atoms with Crippen LogP contribution in [0.25, 0.3) is 11.1 Å². The number of nitrogens with zero attached hydrogens (tertiary/aromatic N) is 1. The molecule has 2 rings (SSSR count). The van der Waals surface area contributed by atoms with E-state index in [-0.39, 0.29) is 6.09 Å². The summed E-state index contributed by atoms with van der Waals surface area (Å²) in [5.41, 5.74) is 4.20. The second-order valence-electron chi connectivity index (χ2n) is 7.61. The van der Waals surface area contributed by atoms with E-state index in [1.54, 1.807) is 0 Å². The van der Waals surface area contributed by atoms with Crippen molar-refractivity contribution in [2.45, 2.75) is 52.1 Å². The standard InChI is InChI=1S/C23H28N2O2/c1-23(2,3)27-22(26)25-17-5-4-6-18-7-11-20(12-8-18)21-13-9-19(10-14-21)15-16-24/h7-14H,4-6,15,17H2,1-3H3,(H,25,26). The highest BCUT2D eigenvalue weighted by molar-refractivity contribution is 5.67. The first-order valence-electron chi connectivity index (χ1n) is 9.39. The Balaban J connectivity index is 1.74. The van der Waals surface area contributed by atoms with Gasteiger partial charge in [0.05, 0.1) is 12.5 Å². The SMILES string of the molecule is CC(C)(C)OC(=O)NCCCCc1ccc(-c2ccc(CC#N)cc2)cc1. The third-order valence-corrected chi connectivity index (χ3v) is 4.08. The Morgan fingerprint density at radius 1 is 0.963 bits per heavy atom. The number of carbonyl (C=O) groups excluding carboxylic acids is 1. The van der Waals surface area contributed by atoms with Gasteiger partial charge in [0.1, 0.15) is 5.60 Å². The minimum atomic E-state index is -0.456. The highest BCUT2D eigenvalue weighted by atomic mass is 16.6. The van der Waals surface area contributed by atoms with Gasteiger partial charge >= 0.3 is 6.09 Å². The lowest BCUT2D eigenvalue weighted by Gasteiger charge is -2.19. The molecule has 1 N–H and O–H groups in total. The second kappa shape index (κ2) is 9.78. The van der Waals surface area contributed by atoms with Gasteiger partial charge in [0.2, 0.25) is 0 Å². The fourth-order valence-corrected chi connectivity index (χ4v) is 2.73. The Morgan fingerprint density at radius 2 is 1.52 bits per heavy atom. The molecule has 0 aliphatic heterocycles. The summed E-state index contributed by atoms with van der Waals surface area (Å²) < 4.78 is 5.21. The molecule has 0 saturated heterocycles. The predicted molar refractivity (Wildman–Crippen MR) is 108 cm³/mol. The summed E-state index contributed by atoms with van der Waals surface area (Å²) in [6.07, 6.45) is 3.01. The summed E-state index contributed by atoms with van der Waals surface area (Å²) in [7, 11) is 0. The van der Waals surface area contributed by atoms with Crippen LogP contribution in [0.2, 0.25) is 0 Å². The van der Waals surface area contributed by atoms with Crippen LogP contribution in [0, 0.1) is 11.3 Å². The zero-order valence-electron chi connectivity index (χ0n) is 16.4. The van der Waals surface area contributed by atoms with Crippen LogP contribution < -0.4 is 5.32 Å². The van der Waals surface area contributed by atoms with Gasteiger partial charge in [-0.1, -0.05) is 48.5 Å². The van der Waals surface area contributed by atoms with Crippen molar-refractivity contribution in [2.24, 2.45) is 0 Å². The highest BCUT2D eigenvalue weighted by Gasteiger charge is 2.15. The Bertz CT molecular complexity index is 766. The van der Waals surface area contributed by atoms with Gasteiger partial charge in [-0.05, 0) is 62.3 Å². The molecule has 0 radical (unpaired) electrons. The van der Waals surface area contributed by atoms with Gasteiger partial charge in [0.25, 0.3) is 0 Å². The molecular weight excluding hydrogens is 336 g/mol. The molecule has 0 fully saturated rings. The van der Waals surface area contributed by atoms with Gasteiger partial charge in [-0.3, -0.25) is 0 Å². The minimum Gasteiger partial charge on any atom is -0.444 e. The summed E-state index contributed by atoms with van der Waals surface area (Å²) in [6.45, 7) is 6.20. The van der Waals surface area contributed by atoms with Crippen LogP contribution in [0.1, 0.15) is 44.7 Å². The van der Waals surface area contributed by atoms with E-state index >= 15 is 0 Å². The number of ether oxygens (including phenoxy) is 1. The Kier molecular flexibility index (Phi) is 7.43. The third kappa shape index (κ3) is 7.53. The molecular formula is C23H28N2O2. The quantitative estimate of drug-likeness (QED) is 0.681. The Morgan fingerprint density at radius 3 is 2.04 bits per heavy atom. The van der Waals surface area contributed by atoms with Gasteiger partial charge < -0.3 is 10.1 Å². The maximum Gasteiger partial charge on any atom is 0.407 e. The highest BCUT2D eigenvalue weighted by Crippen LogP contribution is 2.21. The van der Waals surface area contributed by atoms with Crippen LogP contribution in [0.15, 0.2) is 48.5 Å². The van der Waals surface area contributed by atoms with E-state index in [1.165, 1.54) is 11.1 Å². The van der Waals surface area contributed by atoms with Crippen molar-refractivity contribution in [2.75, 3.05) is 6.54 Å². The summed E-state index contributed by atoms with van der Waals surface area (Å²) in [5, 5.41) is 11.5. The van der Waals surface area contributed by atoms with Gasteiger partial charge in [-0.2, -0.15) is 5.26 Å². The van der Waals surface area contributed by atoms with Crippen LogP contribution in [0.3, 0.4) is 0 Å². The molecule has 0 aliphatic rings. The van der Waals surface area contributed by atoms with Crippen molar-refractivity contribution in [3.05, 3.63) is 59.7 Å². The molecule has 0 unspecified atom stereocenters. The Hall–Kier alpha value is -2.80. The third-order valence-electron chi connectivity index (χ3n) is 4.08. The maximum atomic E-state index is 11.6. The zero-order valence-corrected chi connectivity index (χ0v) is 16.4. The van der Waals surface area contributed by atoms with Crippen molar-refractivity contribution in [1.82, 2.24) is 5.32 Å². The Labute approximate surface area is 162 Å². The van der Waals surface area contributed by atoms with E-state index in [0.29, 0.717) is 13.0 Å². The van der Waals surface area contributed by atoms with E-state index in [9.17, 15) is 4.79 Å². The lowest BCUT2D eigenvalue weighted by atomic mass is 10.0. The molecule has 4 heteroatoms. The predicted octanol–water partition coefficient (Wildman–Crippen LogP) is 5.27. The van der Waals surface area contributed by atoms with E-state index in [0.717, 1.165) is 30.4 Å². The van der Waals surface area contributed by atoms with Crippen LogP contribution in [-0.2, 0) is 17.6 Å².